The number of aryl methyl sites for hydroxylation is 1. The number of benzene rings is 2. The van der Waals surface area contributed by atoms with Crippen LogP contribution in [0.2, 0.25) is 5.02 Å². The molecule has 2 aromatic rings. The van der Waals surface area contributed by atoms with Crippen LogP contribution in [0.25, 0.3) is 0 Å². The molecule has 1 fully saturated rings. The van der Waals surface area contributed by atoms with Crippen LogP contribution in [0.1, 0.15) is 22.3 Å². The van der Waals surface area contributed by atoms with Gasteiger partial charge in [0.1, 0.15) is 0 Å². The maximum atomic E-state index is 12.5. The third kappa shape index (κ3) is 3.88. The number of hydrogen-bond acceptors (Lipinski definition) is 5. The first kappa shape index (κ1) is 19.1. The Bertz CT molecular complexity index is 1040. The van der Waals surface area contributed by atoms with Gasteiger partial charge in [-0.3, -0.25) is 19.2 Å². The molecule has 27 heavy (non-hydrogen) atoms. The van der Waals surface area contributed by atoms with Crippen LogP contribution in [0.4, 0.5) is 17.1 Å². The fraction of sp³-hybridized carbons (Fsp3) is 0.235. The molecule has 1 aliphatic rings. The third-order valence-corrected chi connectivity index (χ3v) is 6.45. The van der Waals surface area contributed by atoms with Crippen molar-refractivity contribution in [1.29, 1.82) is 0 Å². The lowest BCUT2D eigenvalue weighted by atomic mass is 10.1. The van der Waals surface area contributed by atoms with Crippen LogP contribution in [0.5, 0.6) is 0 Å². The highest BCUT2D eigenvalue weighted by atomic mass is 35.5. The lowest BCUT2D eigenvalue weighted by molar-refractivity contribution is -0.384. The summed E-state index contributed by atoms with van der Waals surface area (Å²) in [5, 5.41) is 13.4. The van der Waals surface area contributed by atoms with Crippen LogP contribution in [0.15, 0.2) is 36.4 Å². The van der Waals surface area contributed by atoms with Crippen molar-refractivity contribution >= 4 is 44.6 Å². The summed E-state index contributed by atoms with van der Waals surface area (Å²) in [6.07, 6.45) is 0.552. The molecule has 1 aliphatic heterocycles. The summed E-state index contributed by atoms with van der Waals surface area (Å²) >= 11 is 5.99. The number of nitro groups is 1. The Hall–Kier alpha value is -2.65. The first-order chi connectivity index (χ1) is 12.7. The normalized spacial score (nSPS) is 15.6. The van der Waals surface area contributed by atoms with Gasteiger partial charge in [0, 0.05) is 24.4 Å². The van der Waals surface area contributed by atoms with Crippen LogP contribution in [0.3, 0.4) is 0 Å². The Morgan fingerprint density at radius 3 is 2.59 bits per heavy atom. The average Bonchev–Trinajstić information content (AvgIpc) is 2.95. The van der Waals surface area contributed by atoms with E-state index < -0.39 is 20.9 Å². The summed E-state index contributed by atoms with van der Waals surface area (Å²) in [6, 6.07) is 8.58. The standard InChI is InChI=1S/C17H16ClN3O5S/c1-11-3-4-12(20-7-2-8-27(20,25)26)10-16(11)19-17(22)14-6-5-13(21(23)24)9-15(14)18/h3-6,9-10H,2,7-8H2,1H3,(H,19,22). The Balaban J connectivity index is 1.88. The number of non-ortho nitro benzene ring substituents is 1. The number of hydrogen-bond donors (Lipinski definition) is 1. The van der Waals surface area contributed by atoms with E-state index in [1.807, 2.05) is 0 Å². The summed E-state index contributed by atoms with van der Waals surface area (Å²) < 4.78 is 25.5. The van der Waals surface area contributed by atoms with Crippen molar-refractivity contribution in [3.05, 3.63) is 62.7 Å². The number of carbonyl (C=O) groups is 1. The molecule has 0 aliphatic carbocycles. The van der Waals surface area contributed by atoms with Gasteiger partial charge in [-0.05, 0) is 37.1 Å². The summed E-state index contributed by atoms with van der Waals surface area (Å²) in [7, 11) is -3.33. The quantitative estimate of drug-likeness (QED) is 0.615. The molecule has 1 amide bonds. The van der Waals surface area contributed by atoms with E-state index >= 15 is 0 Å². The van der Waals surface area contributed by atoms with Crippen LogP contribution < -0.4 is 9.62 Å². The number of nitrogens with one attached hydrogen (secondary N) is 1. The van der Waals surface area contributed by atoms with Crippen LogP contribution >= 0.6 is 11.6 Å². The molecule has 8 nitrogen and oxygen atoms in total. The lowest BCUT2D eigenvalue weighted by Crippen LogP contribution is -2.25. The number of rotatable bonds is 4. The van der Waals surface area contributed by atoms with Crippen molar-refractivity contribution in [2.24, 2.45) is 0 Å². The number of halogens is 1. The molecule has 10 heteroatoms. The number of amides is 1. The van der Waals surface area contributed by atoms with E-state index in [2.05, 4.69) is 5.32 Å². The average molecular weight is 410 g/mol. The molecule has 1 saturated heterocycles. The van der Waals surface area contributed by atoms with Crippen molar-refractivity contribution in [3.8, 4) is 0 Å². The molecule has 142 valence electrons. The zero-order chi connectivity index (χ0) is 19.8. The molecule has 1 N–H and O–H groups in total. The Morgan fingerprint density at radius 2 is 2.00 bits per heavy atom. The first-order valence-electron chi connectivity index (χ1n) is 8.05. The summed E-state index contributed by atoms with van der Waals surface area (Å²) in [5.41, 5.74) is 1.52. The van der Waals surface area contributed by atoms with Crippen molar-refractivity contribution < 1.29 is 18.1 Å². The van der Waals surface area contributed by atoms with Gasteiger partial charge in [-0.1, -0.05) is 17.7 Å². The van der Waals surface area contributed by atoms with Gasteiger partial charge in [0.15, 0.2) is 0 Å². The topological polar surface area (TPSA) is 110 Å². The van der Waals surface area contributed by atoms with Gasteiger partial charge < -0.3 is 5.32 Å². The highest BCUT2D eigenvalue weighted by Gasteiger charge is 2.28. The second-order valence-electron chi connectivity index (χ2n) is 6.12. The fourth-order valence-electron chi connectivity index (χ4n) is 2.82. The number of sulfonamides is 1. The number of nitro benzene ring substituents is 1. The van der Waals surface area contributed by atoms with Gasteiger partial charge >= 0.3 is 0 Å². The largest absolute Gasteiger partial charge is 0.322 e. The van der Waals surface area contributed by atoms with Gasteiger partial charge in [-0.15, -0.1) is 0 Å². The molecule has 0 radical (unpaired) electrons. The predicted molar refractivity (Wildman–Crippen MR) is 103 cm³/mol. The molecule has 0 bridgehead atoms. The maximum absolute atomic E-state index is 12.5. The SMILES string of the molecule is Cc1ccc(N2CCCS2(=O)=O)cc1NC(=O)c1ccc([N+](=O)[O-])cc1Cl. The van der Waals surface area contributed by atoms with Crippen molar-refractivity contribution in [1.82, 2.24) is 0 Å². The van der Waals surface area contributed by atoms with Crippen molar-refractivity contribution in [3.63, 3.8) is 0 Å². The van der Waals surface area contributed by atoms with Crippen molar-refractivity contribution in [2.45, 2.75) is 13.3 Å². The molecular formula is C17H16ClN3O5S. The zero-order valence-electron chi connectivity index (χ0n) is 14.3. The predicted octanol–water partition coefficient (Wildman–Crippen LogP) is 3.35. The summed E-state index contributed by atoms with van der Waals surface area (Å²) in [4.78, 5) is 22.7. The Kier molecular flexibility index (Phi) is 5.07. The van der Waals surface area contributed by atoms with E-state index in [1.165, 1.54) is 16.4 Å². The Labute approximate surface area is 160 Å². The van der Waals surface area contributed by atoms with E-state index in [0.29, 0.717) is 24.3 Å². The summed E-state index contributed by atoms with van der Waals surface area (Å²) in [5.74, 6) is -0.444. The number of nitrogens with zero attached hydrogens (tertiary/aromatic N) is 2. The highest BCUT2D eigenvalue weighted by Crippen LogP contribution is 2.29. The highest BCUT2D eigenvalue weighted by molar-refractivity contribution is 7.93. The van der Waals surface area contributed by atoms with Crippen LogP contribution in [0, 0.1) is 17.0 Å². The molecule has 0 unspecified atom stereocenters. The smallest absolute Gasteiger partial charge is 0.270 e. The molecule has 3 rings (SSSR count). The van der Waals surface area contributed by atoms with E-state index in [-0.39, 0.29) is 22.0 Å². The number of anilines is 2. The number of carbonyl (C=O) groups excluding carboxylic acids is 1. The monoisotopic (exact) mass is 409 g/mol. The minimum absolute atomic E-state index is 0.0439. The van der Waals surface area contributed by atoms with Gasteiger partial charge in [-0.2, -0.15) is 0 Å². The molecule has 1 heterocycles. The second kappa shape index (κ2) is 7.16. The van der Waals surface area contributed by atoms with E-state index in [4.69, 9.17) is 11.6 Å². The molecular weight excluding hydrogens is 394 g/mol. The lowest BCUT2D eigenvalue weighted by Gasteiger charge is -2.19. The molecule has 0 spiro atoms. The molecule has 0 aromatic heterocycles. The molecule has 0 atom stereocenters. The van der Waals surface area contributed by atoms with Crippen molar-refractivity contribution in [2.75, 3.05) is 21.9 Å². The minimum atomic E-state index is -3.33. The van der Waals surface area contributed by atoms with Crippen LogP contribution in [-0.2, 0) is 10.0 Å². The van der Waals surface area contributed by atoms with Gasteiger partial charge in [0.25, 0.3) is 11.6 Å². The fourth-order valence-corrected chi connectivity index (χ4v) is 4.64. The van der Waals surface area contributed by atoms with Gasteiger partial charge in [0.2, 0.25) is 10.0 Å². The zero-order valence-corrected chi connectivity index (χ0v) is 15.9. The Morgan fingerprint density at radius 1 is 1.26 bits per heavy atom. The van der Waals surface area contributed by atoms with E-state index in [1.54, 1.807) is 25.1 Å². The van der Waals surface area contributed by atoms with Crippen LogP contribution in [-0.4, -0.2) is 31.5 Å². The van der Waals surface area contributed by atoms with Gasteiger partial charge in [-0.25, -0.2) is 8.42 Å². The molecule has 0 saturated carbocycles. The summed E-state index contributed by atoms with van der Waals surface area (Å²) in [6.45, 7) is 2.17. The second-order valence-corrected chi connectivity index (χ2v) is 8.54. The third-order valence-electron chi connectivity index (χ3n) is 4.26. The maximum Gasteiger partial charge on any atom is 0.270 e. The minimum Gasteiger partial charge on any atom is -0.322 e. The van der Waals surface area contributed by atoms with Gasteiger partial charge in [0.05, 0.1) is 26.9 Å². The van der Waals surface area contributed by atoms with E-state index in [9.17, 15) is 23.3 Å². The van der Waals surface area contributed by atoms with E-state index in [0.717, 1.165) is 11.6 Å². The first-order valence-corrected chi connectivity index (χ1v) is 10.0. The molecule has 2 aromatic carbocycles.